The monoisotopic (exact) mass is 446 g/mol. The van der Waals surface area contributed by atoms with Crippen LogP contribution in [0.4, 0.5) is 0 Å². The van der Waals surface area contributed by atoms with Crippen molar-refractivity contribution in [1.29, 1.82) is 0 Å². The Bertz CT molecular complexity index is 1460. The normalized spacial score (nSPS) is 13.0. The van der Waals surface area contributed by atoms with Crippen LogP contribution in [0.25, 0.3) is 43.4 Å². The van der Waals surface area contributed by atoms with Gasteiger partial charge in [0.05, 0.1) is 0 Å². The summed E-state index contributed by atoms with van der Waals surface area (Å²) in [4.78, 5) is 0. The molecule has 2 nitrogen and oxygen atoms in total. The highest BCUT2D eigenvalue weighted by atomic mass is 16.5. The lowest BCUT2D eigenvalue weighted by Gasteiger charge is -2.29. The molecule has 0 amide bonds. The molecule has 0 heterocycles. The Morgan fingerprint density at radius 2 is 1.15 bits per heavy atom. The summed E-state index contributed by atoms with van der Waals surface area (Å²) in [6.07, 6.45) is -0.110. The Morgan fingerprint density at radius 3 is 1.68 bits per heavy atom. The van der Waals surface area contributed by atoms with Gasteiger partial charge in [0.1, 0.15) is 0 Å². The van der Waals surface area contributed by atoms with E-state index in [9.17, 15) is 5.02 Å². The molecule has 0 aliphatic heterocycles. The third-order valence-electron chi connectivity index (χ3n) is 7.18. The van der Waals surface area contributed by atoms with Gasteiger partial charge in [0, 0.05) is 6.10 Å². The summed E-state index contributed by atoms with van der Waals surface area (Å²) >= 11 is 0. The number of benzene rings is 5. The quantitative estimate of drug-likeness (QED) is 0.233. The van der Waals surface area contributed by atoms with E-state index >= 15 is 0 Å². The molecule has 0 aliphatic carbocycles. The summed E-state index contributed by atoms with van der Waals surface area (Å²) < 4.78 is 6.20. The second-order valence-corrected chi connectivity index (χ2v) is 10.4. The van der Waals surface area contributed by atoms with E-state index in [4.69, 9.17) is 4.65 Å². The Labute approximate surface area is 202 Å². The van der Waals surface area contributed by atoms with Gasteiger partial charge in [-0.2, -0.15) is 0 Å². The van der Waals surface area contributed by atoms with Crippen molar-refractivity contribution < 1.29 is 9.68 Å². The average molecular weight is 446 g/mol. The van der Waals surface area contributed by atoms with Gasteiger partial charge in [-0.1, -0.05) is 106 Å². The van der Waals surface area contributed by atoms with E-state index in [1.165, 1.54) is 27.5 Å². The summed E-state index contributed by atoms with van der Waals surface area (Å²) in [6, 6.07) is 29.8. The molecule has 3 heteroatoms. The molecule has 0 aliphatic rings. The van der Waals surface area contributed by atoms with Crippen molar-refractivity contribution in [2.45, 2.75) is 40.7 Å². The van der Waals surface area contributed by atoms with Gasteiger partial charge in [-0.3, -0.25) is 0 Å². The third kappa shape index (κ3) is 3.79. The maximum Gasteiger partial charge on any atom is 0.492 e. The first-order valence-corrected chi connectivity index (χ1v) is 12.0. The lowest BCUT2D eigenvalue weighted by Crippen LogP contribution is -2.41. The van der Waals surface area contributed by atoms with Crippen LogP contribution in [0.1, 0.15) is 33.3 Å². The molecule has 5 rings (SSSR count). The van der Waals surface area contributed by atoms with Crippen molar-refractivity contribution in [2.24, 2.45) is 5.41 Å². The van der Waals surface area contributed by atoms with Crippen LogP contribution < -0.4 is 5.46 Å². The van der Waals surface area contributed by atoms with Crippen LogP contribution in [0.15, 0.2) is 84.9 Å². The lowest BCUT2D eigenvalue weighted by molar-refractivity contribution is 0.0861. The zero-order valence-corrected chi connectivity index (χ0v) is 20.6. The second-order valence-electron chi connectivity index (χ2n) is 10.4. The van der Waals surface area contributed by atoms with Crippen LogP contribution in [-0.4, -0.2) is 18.2 Å². The average Bonchev–Trinajstić information content (AvgIpc) is 2.82. The highest BCUT2D eigenvalue weighted by Gasteiger charge is 2.30. The first-order chi connectivity index (χ1) is 16.3. The molecular weight excluding hydrogens is 415 g/mol. The predicted octanol–water partition coefficient (Wildman–Crippen LogP) is 7.26. The van der Waals surface area contributed by atoms with Gasteiger partial charge < -0.3 is 9.68 Å². The maximum atomic E-state index is 11.4. The fourth-order valence-electron chi connectivity index (χ4n) is 4.85. The third-order valence-corrected chi connectivity index (χ3v) is 7.18. The molecule has 0 aromatic heterocycles. The molecule has 1 unspecified atom stereocenters. The second kappa shape index (κ2) is 8.58. The van der Waals surface area contributed by atoms with E-state index in [0.29, 0.717) is 0 Å². The minimum atomic E-state index is -1.02. The minimum Gasteiger partial charge on any atom is -0.423 e. The molecule has 0 bridgehead atoms. The predicted molar refractivity (Wildman–Crippen MR) is 147 cm³/mol. The first kappa shape index (κ1) is 22.6. The summed E-state index contributed by atoms with van der Waals surface area (Å²) in [5, 5.41) is 18.2. The number of hydrogen-bond acceptors (Lipinski definition) is 2. The van der Waals surface area contributed by atoms with E-state index in [1.807, 2.05) is 19.1 Å². The van der Waals surface area contributed by atoms with E-state index in [-0.39, 0.29) is 11.5 Å². The fraction of sp³-hybridized carbons (Fsp3) is 0.226. The van der Waals surface area contributed by atoms with Crippen molar-refractivity contribution >= 4 is 44.9 Å². The molecule has 0 saturated carbocycles. The van der Waals surface area contributed by atoms with Crippen molar-refractivity contribution in [1.82, 2.24) is 0 Å². The van der Waals surface area contributed by atoms with Crippen LogP contribution in [0.2, 0.25) is 0 Å². The molecule has 5 aromatic carbocycles. The standard InChI is InChI=1S/C31H31BO2/c1-20-18-19-26(23-13-7-6-12-22(20)23)29-24-14-8-10-16-27(24)30(28-17-11-9-15-25(28)29)32(33)34-21(2)31(3,4)5/h6-19,21,33H,1-5H3. The molecule has 0 spiro atoms. The molecule has 0 fully saturated rings. The van der Waals surface area contributed by atoms with Gasteiger partial charge in [0.15, 0.2) is 0 Å². The van der Waals surface area contributed by atoms with Gasteiger partial charge in [-0.05, 0) is 73.7 Å². The topological polar surface area (TPSA) is 29.5 Å². The van der Waals surface area contributed by atoms with Crippen LogP contribution in [0, 0.1) is 12.3 Å². The van der Waals surface area contributed by atoms with E-state index in [1.54, 1.807) is 0 Å². The molecule has 34 heavy (non-hydrogen) atoms. The Kier molecular flexibility index (Phi) is 5.71. The van der Waals surface area contributed by atoms with Crippen molar-refractivity contribution in [2.75, 3.05) is 0 Å². The summed E-state index contributed by atoms with van der Waals surface area (Å²) in [5.74, 6) is 0. The summed E-state index contributed by atoms with van der Waals surface area (Å²) in [6.45, 7) is 10.6. The van der Waals surface area contributed by atoms with Gasteiger partial charge >= 0.3 is 7.12 Å². The number of hydrogen-bond donors (Lipinski definition) is 1. The zero-order valence-electron chi connectivity index (χ0n) is 20.6. The molecule has 1 atom stereocenters. The van der Waals surface area contributed by atoms with E-state index < -0.39 is 7.12 Å². The number of fused-ring (bicyclic) bond motifs is 3. The SMILES string of the molecule is Cc1ccc(-c2c3ccccc3c(B(O)OC(C)C(C)(C)C)c3ccccc23)c2ccccc12. The summed E-state index contributed by atoms with van der Waals surface area (Å²) in [5.41, 5.74) is 4.43. The molecular formula is C31H31BO2. The van der Waals surface area contributed by atoms with Crippen LogP contribution >= 0.6 is 0 Å². The minimum absolute atomic E-state index is 0.0760. The van der Waals surface area contributed by atoms with Crippen molar-refractivity contribution in [3.63, 3.8) is 0 Å². The fourth-order valence-corrected chi connectivity index (χ4v) is 4.85. The smallest absolute Gasteiger partial charge is 0.423 e. The van der Waals surface area contributed by atoms with E-state index in [0.717, 1.165) is 27.0 Å². The lowest BCUT2D eigenvalue weighted by atomic mass is 9.71. The first-order valence-electron chi connectivity index (χ1n) is 12.0. The van der Waals surface area contributed by atoms with Crippen LogP contribution in [0.3, 0.4) is 0 Å². The molecule has 0 saturated heterocycles. The summed E-state index contributed by atoms with van der Waals surface area (Å²) in [7, 11) is -1.02. The number of aryl methyl sites for hydroxylation is 1. The van der Waals surface area contributed by atoms with Crippen LogP contribution in [-0.2, 0) is 4.65 Å². The maximum absolute atomic E-state index is 11.4. The Morgan fingerprint density at radius 1 is 0.676 bits per heavy atom. The number of rotatable bonds is 4. The van der Waals surface area contributed by atoms with Gasteiger partial charge in [-0.15, -0.1) is 0 Å². The van der Waals surface area contributed by atoms with Gasteiger partial charge in [0.2, 0.25) is 0 Å². The van der Waals surface area contributed by atoms with Crippen LogP contribution in [0.5, 0.6) is 0 Å². The molecule has 170 valence electrons. The van der Waals surface area contributed by atoms with Gasteiger partial charge in [-0.25, -0.2) is 0 Å². The Hall–Kier alpha value is -3.14. The zero-order chi connectivity index (χ0) is 24.0. The van der Waals surface area contributed by atoms with Crippen molar-refractivity contribution in [3.05, 3.63) is 90.5 Å². The molecule has 1 N–H and O–H groups in total. The highest BCUT2D eigenvalue weighted by molar-refractivity contribution is 6.67. The molecule has 5 aromatic rings. The highest BCUT2D eigenvalue weighted by Crippen LogP contribution is 2.40. The molecule has 0 radical (unpaired) electrons. The van der Waals surface area contributed by atoms with Gasteiger partial charge in [0.25, 0.3) is 0 Å². The Balaban J connectivity index is 1.85. The largest absolute Gasteiger partial charge is 0.492 e. The van der Waals surface area contributed by atoms with E-state index in [2.05, 4.69) is 100 Å². The van der Waals surface area contributed by atoms with Crippen molar-refractivity contribution in [3.8, 4) is 11.1 Å².